The summed E-state index contributed by atoms with van der Waals surface area (Å²) in [5.41, 5.74) is 2.02. The molecule has 1 N–H and O–H groups in total. The van der Waals surface area contributed by atoms with Crippen LogP contribution in [0.5, 0.6) is 0 Å². The first kappa shape index (κ1) is 12.8. The number of nitrogens with one attached hydrogen (secondary N) is 1. The summed E-state index contributed by atoms with van der Waals surface area (Å²) in [5.74, 6) is 0.700. The molecular weight excluding hydrogens is 347 g/mol. The minimum absolute atomic E-state index is 0.0353. The highest BCUT2D eigenvalue weighted by molar-refractivity contribution is 14.1. The van der Waals surface area contributed by atoms with Crippen molar-refractivity contribution in [1.82, 2.24) is 9.97 Å². The van der Waals surface area contributed by atoms with Crippen molar-refractivity contribution in [2.24, 2.45) is 0 Å². The van der Waals surface area contributed by atoms with Gasteiger partial charge in [0.25, 0.3) is 5.56 Å². The third-order valence-corrected chi connectivity index (χ3v) is 4.63. The third kappa shape index (κ3) is 2.60. The summed E-state index contributed by atoms with van der Waals surface area (Å²) in [4.78, 5) is 20.3. The number of aryl methyl sites for hydroxylation is 2. The van der Waals surface area contributed by atoms with E-state index in [1.54, 1.807) is 11.3 Å². The van der Waals surface area contributed by atoms with Gasteiger partial charge in [-0.25, -0.2) is 4.98 Å². The molecule has 0 aromatic carbocycles. The predicted octanol–water partition coefficient (Wildman–Crippen LogP) is 3.36. The second-order valence-electron chi connectivity index (χ2n) is 3.86. The second kappa shape index (κ2) is 5.30. The van der Waals surface area contributed by atoms with E-state index < -0.39 is 0 Å². The number of thiophene rings is 1. The normalized spacial score (nSPS) is 10.8. The molecule has 0 atom stereocenters. The summed E-state index contributed by atoms with van der Waals surface area (Å²) in [7, 11) is 0. The highest BCUT2D eigenvalue weighted by Crippen LogP contribution is 2.25. The van der Waals surface area contributed by atoms with Gasteiger partial charge in [0, 0.05) is 0 Å². The van der Waals surface area contributed by atoms with E-state index in [2.05, 4.69) is 39.5 Å². The zero-order valence-electron chi connectivity index (χ0n) is 9.71. The maximum atomic E-state index is 11.8. The molecule has 0 aliphatic heterocycles. The van der Waals surface area contributed by atoms with E-state index >= 15 is 0 Å². The summed E-state index contributed by atoms with van der Waals surface area (Å²) in [6.45, 7) is 4.12. The van der Waals surface area contributed by atoms with Gasteiger partial charge in [-0.05, 0) is 52.9 Å². The Morgan fingerprint density at radius 2 is 2.29 bits per heavy atom. The van der Waals surface area contributed by atoms with Crippen LogP contribution in [-0.4, -0.2) is 9.97 Å². The second-order valence-corrected chi connectivity index (χ2v) is 5.85. The molecule has 0 unspecified atom stereocenters. The molecule has 0 fully saturated rings. The zero-order chi connectivity index (χ0) is 12.4. The van der Waals surface area contributed by atoms with Crippen LogP contribution < -0.4 is 5.56 Å². The largest absolute Gasteiger partial charge is 0.305 e. The first-order chi connectivity index (χ1) is 8.13. The number of rotatable bonds is 3. The van der Waals surface area contributed by atoms with Gasteiger partial charge < -0.3 is 4.98 Å². The van der Waals surface area contributed by atoms with Gasteiger partial charge in [-0.15, -0.1) is 11.3 Å². The van der Waals surface area contributed by atoms with Crippen LogP contribution in [-0.2, 0) is 6.42 Å². The van der Waals surface area contributed by atoms with Gasteiger partial charge in [-0.2, -0.15) is 0 Å². The van der Waals surface area contributed by atoms with Crippen molar-refractivity contribution in [3.8, 4) is 10.7 Å². The Labute approximate surface area is 117 Å². The van der Waals surface area contributed by atoms with Crippen LogP contribution in [0.2, 0.25) is 0 Å². The molecule has 5 heteroatoms. The molecule has 0 saturated heterocycles. The number of hydrogen-bond donors (Lipinski definition) is 1. The summed E-state index contributed by atoms with van der Waals surface area (Å²) < 4.78 is 0.711. The van der Waals surface area contributed by atoms with Crippen LogP contribution in [0.4, 0.5) is 0 Å². The van der Waals surface area contributed by atoms with Crippen LogP contribution >= 0.6 is 33.9 Å². The fraction of sp³-hybridized carbons (Fsp3) is 0.333. The lowest BCUT2D eigenvalue weighted by Crippen LogP contribution is -2.16. The Morgan fingerprint density at radius 3 is 2.88 bits per heavy atom. The zero-order valence-corrected chi connectivity index (χ0v) is 12.7. The first-order valence-corrected chi connectivity index (χ1v) is 7.42. The fourth-order valence-corrected chi connectivity index (χ4v) is 3.03. The Kier molecular flexibility index (Phi) is 3.98. The third-order valence-electron chi connectivity index (χ3n) is 2.50. The lowest BCUT2D eigenvalue weighted by molar-refractivity contribution is 0.860. The van der Waals surface area contributed by atoms with Crippen molar-refractivity contribution in [1.29, 1.82) is 0 Å². The van der Waals surface area contributed by atoms with Gasteiger partial charge in [-0.3, -0.25) is 4.79 Å². The fourth-order valence-electron chi connectivity index (χ4n) is 1.63. The van der Waals surface area contributed by atoms with E-state index in [1.165, 1.54) is 0 Å². The Hall–Kier alpha value is -0.690. The standard InChI is InChI=1S/C12H13IN2OS/c1-3-4-8-9(13)12(16)15-11(14-8)10-7(2)5-6-17-10/h5-6H,3-4H2,1-2H3,(H,14,15,16). The average molecular weight is 360 g/mol. The van der Waals surface area contributed by atoms with Crippen molar-refractivity contribution in [2.75, 3.05) is 0 Å². The molecule has 0 saturated carbocycles. The van der Waals surface area contributed by atoms with Crippen LogP contribution in [0.1, 0.15) is 24.6 Å². The quantitative estimate of drug-likeness (QED) is 0.854. The molecule has 2 heterocycles. The molecule has 2 rings (SSSR count). The first-order valence-electron chi connectivity index (χ1n) is 5.46. The molecule has 0 bridgehead atoms. The monoisotopic (exact) mass is 360 g/mol. The molecule has 2 aromatic rings. The predicted molar refractivity (Wildman–Crippen MR) is 79.6 cm³/mol. The molecule has 2 aromatic heterocycles. The van der Waals surface area contributed by atoms with Crippen molar-refractivity contribution >= 4 is 33.9 Å². The summed E-state index contributed by atoms with van der Waals surface area (Å²) in [6.07, 6.45) is 1.84. The van der Waals surface area contributed by atoms with E-state index in [4.69, 9.17) is 0 Å². The number of aromatic amines is 1. The van der Waals surface area contributed by atoms with Gasteiger partial charge in [0.05, 0.1) is 14.1 Å². The van der Waals surface area contributed by atoms with Gasteiger partial charge in [0.1, 0.15) is 0 Å². The van der Waals surface area contributed by atoms with Gasteiger partial charge in [0.2, 0.25) is 0 Å². The topological polar surface area (TPSA) is 45.8 Å². The number of H-pyrrole nitrogens is 1. The van der Waals surface area contributed by atoms with Crippen LogP contribution in [0.25, 0.3) is 10.7 Å². The van der Waals surface area contributed by atoms with E-state index in [-0.39, 0.29) is 5.56 Å². The molecule has 0 radical (unpaired) electrons. The minimum Gasteiger partial charge on any atom is -0.305 e. The maximum absolute atomic E-state index is 11.8. The Morgan fingerprint density at radius 1 is 1.53 bits per heavy atom. The molecule has 0 aliphatic rings. The minimum atomic E-state index is -0.0353. The Balaban J connectivity index is 2.57. The number of nitrogens with zero attached hydrogens (tertiary/aromatic N) is 1. The molecule has 90 valence electrons. The number of halogens is 1. The lowest BCUT2D eigenvalue weighted by Gasteiger charge is -2.05. The maximum Gasteiger partial charge on any atom is 0.264 e. The molecular formula is C12H13IN2OS. The van der Waals surface area contributed by atoms with E-state index in [0.29, 0.717) is 9.39 Å². The van der Waals surface area contributed by atoms with Crippen molar-refractivity contribution in [3.05, 3.63) is 36.6 Å². The summed E-state index contributed by atoms with van der Waals surface area (Å²) >= 11 is 3.68. The van der Waals surface area contributed by atoms with Gasteiger partial charge in [0.15, 0.2) is 5.82 Å². The van der Waals surface area contributed by atoms with E-state index in [1.807, 2.05) is 18.4 Å². The SMILES string of the molecule is CCCc1nc(-c2sccc2C)[nH]c(=O)c1I. The summed E-state index contributed by atoms with van der Waals surface area (Å²) in [5, 5.41) is 2.02. The van der Waals surface area contributed by atoms with Crippen LogP contribution in [0.15, 0.2) is 16.2 Å². The van der Waals surface area contributed by atoms with Crippen molar-refractivity contribution in [3.63, 3.8) is 0 Å². The number of hydrogen-bond acceptors (Lipinski definition) is 3. The van der Waals surface area contributed by atoms with E-state index in [0.717, 1.165) is 29.0 Å². The van der Waals surface area contributed by atoms with Crippen molar-refractivity contribution in [2.45, 2.75) is 26.7 Å². The Bertz CT molecular complexity index is 588. The highest BCUT2D eigenvalue weighted by atomic mass is 127. The molecule has 0 amide bonds. The lowest BCUT2D eigenvalue weighted by atomic mass is 10.2. The van der Waals surface area contributed by atoms with Gasteiger partial charge >= 0.3 is 0 Å². The van der Waals surface area contributed by atoms with E-state index in [9.17, 15) is 4.79 Å². The number of aromatic nitrogens is 2. The average Bonchev–Trinajstić information content (AvgIpc) is 2.71. The van der Waals surface area contributed by atoms with Crippen LogP contribution in [0.3, 0.4) is 0 Å². The highest BCUT2D eigenvalue weighted by Gasteiger charge is 2.11. The molecule has 3 nitrogen and oxygen atoms in total. The summed E-state index contributed by atoms with van der Waals surface area (Å²) in [6, 6.07) is 2.04. The molecule has 17 heavy (non-hydrogen) atoms. The van der Waals surface area contributed by atoms with Crippen molar-refractivity contribution < 1.29 is 0 Å². The van der Waals surface area contributed by atoms with Crippen LogP contribution in [0, 0.1) is 10.5 Å². The molecule has 0 aliphatic carbocycles. The molecule has 0 spiro atoms. The van der Waals surface area contributed by atoms with Gasteiger partial charge in [-0.1, -0.05) is 13.3 Å². The smallest absolute Gasteiger partial charge is 0.264 e.